The highest BCUT2D eigenvalue weighted by Gasteiger charge is 2.17. The Kier molecular flexibility index (Phi) is 4.74. The Morgan fingerprint density at radius 2 is 2.08 bits per heavy atom. The molecule has 0 fully saturated rings. The molecule has 7 heteroatoms. The van der Waals surface area contributed by atoms with Crippen LogP contribution in [0.15, 0.2) is 49.1 Å². The van der Waals surface area contributed by atoms with Gasteiger partial charge in [-0.05, 0) is 44.0 Å². The van der Waals surface area contributed by atoms with Gasteiger partial charge in [-0.25, -0.2) is 14.6 Å². The van der Waals surface area contributed by atoms with Crippen LogP contribution in [0.3, 0.4) is 0 Å². The van der Waals surface area contributed by atoms with Gasteiger partial charge in [-0.1, -0.05) is 12.1 Å². The van der Waals surface area contributed by atoms with E-state index in [9.17, 15) is 4.79 Å². The molecule has 0 saturated carbocycles. The van der Waals surface area contributed by atoms with Gasteiger partial charge in [0.1, 0.15) is 17.9 Å². The van der Waals surface area contributed by atoms with Gasteiger partial charge in [0, 0.05) is 18.5 Å². The lowest BCUT2D eigenvalue weighted by atomic mass is 10.1. The predicted octanol–water partition coefficient (Wildman–Crippen LogP) is 2.69. The third-order valence-corrected chi connectivity index (χ3v) is 3.66. The van der Waals surface area contributed by atoms with Gasteiger partial charge < -0.3 is 10.1 Å². The molecule has 7 nitrogen and oxygen atoms in total. The zero-order chi connectivity index (χ0) is 17.8. The van der Waals surface area contributed by atoms with Crippen molar-refractivity contribution in [3.8, 4) is 11.6 Å². The molecule has 2 heterocycles. The van der Waals surface area contributed by atoms with Crippen LogP contribution in [0.25, 0.3) is 5.82 Å². The standard InChI is InChI=1S/C18H19N5O2/c1-12-5-6-13(2)15(9-12)25-14(3)18(24)22-16-10-17(20-11-19-16)23-8-4-7-21-23/h4-11,14H,1-3H3,(H,19,20,22,24)/t14-/m1/s1. The highest BCUT2D eigenvalue weighted by molar-refractivity contribution is 5.93. The zero-order valence-electron chi connectivity index (χ0n) is 14.3. The SMILES string of the molecule is Cc1ccc(C)c(O[C@H](C)C(=O)Nc2cc(-n3cccn3)ncn2)c1. The average Bonchev–Trinajstić information content (AvgIpc) is 3.13. The van der Waals surface area contributed by atoms with E-state index >= 15 is 0 Å². The predicted molar refractivity (Wildman–Crippen MR) is 93.8 cm³/mol. The Morgan fingerprint density at radius 1 is 1.24 bits per heavy atom. The zero-order valence-corrected chi connectivity index (χ0v) is 14.3. The molecule has 0 bridgehead atoms. The van der Waals surface area contributed by atoms with Gasteiger partial charge in [0.2, 0.25) is 0 Å². The molecule has 0 aliphatic carbocycles. The number of aromatic nitrogens is 4. The van der Waals surface area contributed by atoms with Crippen LogP contribution in [0.5, 0.6) is 5.75 Å². The monoisotopic (exact) mass is 337 g/mol. The van der Waals surface area contributed by atoms with Gasteiger partial charge in [0.15, 0.2) is 11.9 Å². The molecule has 2 aromatic heterocycles. The first-order chi connectivity index (χ1) is 12.0. The fourth-order valence-electron chi connectivity index (χ4n) is 2.25. The maximum Gasteiger partial charge on any atom is 0.266 e. The fraction of sp³-hybridized carbons (Fsp3) is 0.222. The van der Waals surface area contributed by atoms with E-state index in [1.807, 2.05) is 32.0 Å². The lowest BCUT2D eigenvalue weighted by molar-refractivity contribution is -0.122. The van der Waals surface area contributed by atoms with E-state index in [-0.39, 0.29) is 5.91 Å². The molecule has 1 atom stereocenters. The smallest absolute Gasteiger partial charge is 0.266 e. The number of hydrogen-bond acceptors (Lipinski definition) is 5. The minimum atomic E-state index is -0.663. The second kappa shape index (κ2) is 7.12. The maximum absolute atomic E-state index is 12.4. The first-order valence-corrected chi connectivity index (χ1v) is 7.90. The normalized spacial score (nSPS) is 11.8. The summed E-state index contributed by atoms with van der Waals surface area (Å²) in [4.78, 5) is 20.6. The quantitative estimate of drug-likeness (QED) is 0.774. The van der Waals surface area contributed by atoms with Crippen molar-refractivity contribution < 1.29 is 9.53 Å². The molecular weight excluding hydrogens is 318 g/mol. The van der Waals surface area contributed by atoms with Crippen molar-refractivity contribution in [3.63, 3.8) is 0 Å². The Bertz CT molecular complexity index is 877. The fourth-order valence-corrected chi connectivity index (χ4v) is 2.25. The molecule has 1 amide bonds. The molecule has 0 radical (unpaired) electrons. The highest BCUT2D eigenvalue weighted by atomic mass is 16.5. The van der Waals surface area contributed by atoms with Crippen molar-refractivity contribution >= 4 is 11.7 Å². The Hall–Kier alpha value is -3.22. The van der Waals surface area contributed by atoms with Gasteiger partial charge >= 0.3 is 0 Å². The number of rotatable bonds is 5. The topological polar surface area (TPSA) is 81.9 Å². The number of nitrogens with one attached hydrogen (secondary N) is 1. The molecule has 1 aromatic carbocycles. The van der Waals surface area contributed by atoms with Crippen molar-refractivity contribution in [1.82, 2.24) is 19.7 Å². The van der Waals surface area contributed by atoms with E-state index in [2.05, 4.69) is 20.4 Å². The van der Waals surface area contributed by atoms with Crippen molar-refractivity contribution in [3.05, 3.63) is 60.2 Å². The van der Waals surface area contributed by atoms with E-state index in [4.69, 9.17) is 4.74 Å². The van der Waals surface area contributed by atoms with Gasteiger partial charge in [-0.2, -0.15) is 5.10 Å². The van der Waals surface area contributed by atoms with Crippen LogP contribution in [-0.2, 0) is 4.79 Å². The molecule has 1 N–H and O–H groups in total. The summed E-state index contributed by atoms with van der Waals surface area (Å²) in [6.45, 7) is 5.63. The number of nitrogens with zero attached hydrogens (tertiary/aromatic N) is 4. The molecule has 128 valence electrons. The number of ether oxygens (including phenoxy) is 1. The van der Waals surface area contributed by atoms with E-state index in [0.29, 0.717) is 17.4 Å². The number of amides is 1. The summed E-state index contributed by atoms with van der Waals surface area (Å²) < 4.78 is 7.38. The maximum atomic E-state index is 12.4. The van der Waals surface area contributed by atoms with Gasteiger partial charge in [0.25, 0.3) is 5.91 Å². The van der Waals surface area contributed by atoms with Crippen molar-refractivity contribution in [2.75, 3.05) is 5.32 Å². The molecule has 3 aromatic rings. The van der Waals surface area contributed by atoms with Crippen LogP contribution in [0.2, 0.25) is 0 Å². The summed E-state index contributed by atoms with van der Waals surface area (Å²) in [7, 11) is 0. The molecule has 25 heavy (non-hydrogen) atoms. The number of aryl methyl sites for hydroxylation is 2. The Labute approximate surface area is 145 Å². The number of carbonyl (C=O) groups is 1. The summed E-state index contributed by atoms with van der Waals surface area (Å²) in [5.74, 6) is 1.37. The molecule has 3 rings (SSSR count). The number of carbonyl (C=O) groups excluding carboxylic acids is 1. The van der Waals surface area contributed by atoms with Crippen molar-refractivity contribution in [2.45, 2.75) is 26.9 Å². The molecule has 0 aliphatic rings. The minimum absolute atomic E-state index is 0.286. The number of benzene rings is 1. The van der Waals surface area contributed by atoms with Gasteiger partial charge in [0.05, 0.1) is 0 Å². The van der Waals surface area contributed by atoms with E-state index in [0.717, 1.165) is 11.1 Å². The molecular formula is C18H19N5O2. The van der Waals surface area contributed by atoms with Gasteiger partial charge in [-0.3, -0.25) is 4.79 Å². The van der Waals surface area contributed by atoms with Crippen LogP contribution in [0.1, 0.15) is 18.1 Å². The summed E-state index contributed by atoms with van der Waals surface area (Å²) in [5.41, 5.74) is 2.06. The average molecular weight is 337 g/mol. The molecule has 0 saturated heterocycles. The molecule has 0 spiro atoms. The largest absolute Gasteiger partial charge is 0.481 e. The summed E-state index contributed by atoms with van der Waals surface area (Å²) >= 11 is 0. The first-order valence-electron chi connectivity index (χ1n) is 7.90. The van der Waals surface area contributed by atoms with E-state index in [1.54, 1.807) is 36.1 Å². The summed E-state index contributed by atoms with van der Waals surface area (Å²) in [5, 5.41) is 6.85. The minimum Gasteiger partial charge on any atom is -0.481 e. The van der Waals surface area contributed by atoms with Crippen LogP contribution in [0.4, 0.5) is 5.82 Å². The third-order valence-electron chi connectivity index (χ3n) is 3.66. The number of hydrogen-bond donors (Lipinski definition) is 1. The summed E-state index contributed by atoms with van der Waals surface area (Å²) in [6, 6.07) is 9.33. The second-order valence-corrected chi connectivity index (χ2v) is 5.73. The van der Waals surface area contributed by atoms with E-state index < -0.39 is 6.10 Å². The first kappa shape index (κ1) is 16.6. The number of anilines is 1. The lowest BCUT2D eigenvalue weighted by Gasteiger charge is -2.16. The van der Waals surface area contributed by atoms with E-state index in [1.165, 1.54) is 6.33 Å². The lowest BCUT2D eigenvalue weighted by Crippen LogP contribution is -2.30. The Balaban J connectivity index is 1.69. The second-order valence-electron chi connectivity index (χ2n) is 5.73. The van der Waals surface area contributed by atoms with Crippen molar-refractivity contribution in [2.24, 2.45) is 0 Å². The van der Waals surface area contributed by atoms with Crippen LogP contribution in [0, 0.1) is 13.8 Å². The van der Waals surface area contributed by atoms with Crippen molar-refractivity contribution in [1.29, 1.82) is 0 Å². The van der Waals surface area contributed by atoms with Crippen LogP contribution in [-0.4, -0.2) is 31.8 Å². The van der Waals surface area contributed by atoms with Crippen LogP contribution >= 0.6 is 0 Å². The molecule has 0 aliphatic heterocycles. The van der Waals surface area contributed by atoms with Crippen LogP contribution < -0.4 is 10.1 Å². The summed E-state index contributed by atoms with van der Waals surface area (Å²) in [6.07, 6.45) is 4.13. The van der Waals surface area contributed by atoms with Gasteiger partial charge in [-0.15, -0.1) is 0 Å². The molecule has 0 unspecified atom stereocenters. The third kappa shape index (κ3) is 4.00. The highest BCUT2D eigenvalue weighted by Crippen LogP contribution is 2.20. The Morgan fingerprint density at radius 3 is 2.84 bits per heavy atom.